The van der Waals surface area contributed by atoms with Crippen LogP contribution in [0.3, 0.4) is 0 Å². The van der Waals surface area contributed by atoms with Crippen LogP contribution in [0.1, 0.15) is 140 Å². The van der Waals surface area contributed by atoms with E-state index in [1.54, 1.807) is 0 Å². The third kappa shape index (κ3) is 31.0. The molecule has 8 aliphatic rings. The van der Waals surface area contributed by atoms with E-state index >= 15 is 0 Å². The maximum Gasteiger partial charge on any atom is 4.00 e. The maximum absolute atomic E-state index is 5.80. The van der Waals surface area contributed by atoms with Gasteiger partial charge in [-0.1, -0.05) is 197 Å². The fourth-order valence-corrected chi connectivity index (χ4v) is 18.4. The van der Waals surface area contributed by atoms with E-state index in [1.807, 2.05) is 212 Å². The van der Waals surface area contributed by atoms with Gasteiger partial charge in [-0.2, -0.15) is 172 Å². The van der Waals surface area contributed by atoms with E-state index in [0.717, 1.165) is 93.8 Å². The van der Waals surface area contributed by atoms with Gasteiger partial charge in [0.25, 0.3) is 0 Å². The first-order chi connectivity index (χ1) is 50.2. The van der Waals surface area contributed by atoms with Crippen LogP contribution in [0, 0.1) is 84.0 Å². The zero-order valence-electron chi connectivity index (χ0n) is 62.1. The van der Waals surface area contributed by atoms with Crippen LogP contribution in [0.15, 0.2) is 339 Å². The molecule has 11 aromatic carbocycles. The van der Waals surface area contributed by atoms with Crippen molar-refractivity contribution in [2.75, 3.05) is 0 Å². The molecule has 0 heterocycles. The van der Waals surface area contributed by atoms with Crippen molar-refractivity contribution in [3.05, 3.63) is 443 Å². The van der Waals surface area contributed by atoms with E-state index in [0.29, 0.717) is 5.54 Å². The average Bonchev–Trinajstić information content (AvgIpc) is 0.754. The first-order valence-corrected chi connectivity index (χ1v) is 38.6. The van der Waals surface area contributed by atoms with Crippen LogP contribution in [0.4, 0.5) is 0 Å². The first-order valence-electron chi connectivity index (χ1n) is 37.2. The summed E-state index contributed by atoms with van der Waals surface area (Å²) in [6.07, 6.45) is 19.2. The zero-order valence-corrected chi connectivity index (χ0v) is 68.0. The van der Waals surface area contributed by atoms with Gasteiger partial charge in [0.1, 0.15) is 0 Å². The molecule has 8 bridgehead atoms. The zero-order chi connectivity index (χ0) is 72.2. The number of nitrogens with zero attached hydrogens (tertiary/aromatic N) is 3. The molecule has 6 heteroatoms. The van der Waals surface area contributed by atoms with Gasteiger partial charge in [0, 0.05) is 31.9 Å². The Morgan fingerprint density at radius 1 is 0.343 bits per heavy atom. The van der Waals surface area contributed by atoms with Gasteiger partial charge < -0.3 is 10.6 Å². The van der Waals surface area contributed by atoms with Gasteiger partial charge in [-0.15, -0.1) is 97.0 Å². The summed E-state index contributed by atoms with van der Waals surface area (Å²) in [5.41, 5.74) is 12.1. The second-order valence-corrected chi connectivity index (χ2v) is 31.1. The molecule has 8 fully saturated rings. The summed E-state index contributed by atoms with van der Waals surface area (Å²) in [6, 6.07) is 113. The van der Waals surface area contributed by atoms with E-state index in [-0.39, 0.29) is 63.9 Å². The van der Waals surface area contributed by atoms with E-state index in [9.17, 15) is 0 Å². The molecule has 8 saturated carbocycles. The first kappa shape index (κ1) is 84.6. The van der Waals surface area contributed by atoms with Gasteiger partial charge in [-0.3, -0.25) is 4.99 Å². The number of hydrogen-bond acceptors (Lipinski definition) is 1. The summed E-state index contributed by atoms with van der Waals surface area (Å²) in [5, 5.41) is 14.0. The molecular weight excluding hydrogens is 1440 g/mol. The largest absolute Gasteiger partial charge is 4.00 e. The van der Waals surface area contributed by atoms with Gasteiger partial charge in [-0.05, 0) is 129 Å². The van der Waals surface area contributed by atoms with E-state index in [4.69, 9.17) is 15.6 Å². The summed E-state index contributed by atoms with van der Waals surface area (Å²) in [5.74, 6) is 5.70. The molecule has 0 radical (unpaired) electrons. The molecule has 105 heavy (non-hydrogen) atoms. The Kier molecular flexibility index (Phi) is 37.4. The van der Waals surface area contributed by atoms with Gasteiger partial charge in [0.15, 0.2) is 0 Å². The topological polar surface area (TPSA) is 40.6 Å². The van der Waals surface area contributed by atoms with Gasteiger partial charge in [0.2, 0.25) is 0 Å². The van der Waals surface area contributed by atoms with Crippen LogP contribution in [0.5, 0.6) is 0 Å². The molecule has 8 aliphatic carbocycles. The Labute approximate surface area is 674 Å². The van der Waals surface area contributed by atoms with Crippen molar-refractivity contribution in [3.63, 3.8) is 0 Å². The molecule has 0 saturated heterocycles. The van der Waals surface area contributed by atoms with Crippen molar-refractivity contribution >= 4 is 24.2 Å². The number of hydrogen-bond donors (Lipinski definition) is 0. The summed E-state index contributed by atoms with van der Waals surface area (Å²) >= 11 is 0. The minimum atomic E-state index is -0.696. The summed E-state index contributed by atoms with van der Waals surface area (Å²) < 4.78 is 0. The minimum Gasteiger partial charge on any atom is -0.670 e. The maximum atomic E-state index is 5.80. The van der Waals surface area contributed by atoms with Crippen LogP contribution in [0.25, 0.3) is 10.6 Å². The molecule has 0 spiro atoms. The number of benzene rings is 11. The summed E-state index contributed by atoms with van der Waals surface area (Å²) in [6.45, 7) is 29.0. The standard InChI is InChI=1S/C30H33N2P.C20H27N.7C7H7.2Zr/c1-4-10-23(11-5-1)22-31-29(32-30-19-24-16-25(20-30)18-26(17-24)21-30)33(27-12-6-2-7-13-27)28-14-8-3-9-15-28;1-15(7-8-16-5-3-2-4-6-16)21-20-12-17-9-18(13-20)11-19(10-17)14-20;7*1-7-5-3-2-4-6-7;;/h1-15,24-26,29H,16-22H2;2-6,17-19H,7-14H2,1H3;7*2-6H,1H2;;/q-2;;7*-1;;+4. The van der Waals surface area contributed by atoms with Crippen molar-refractivity contribution in [2.45, 2.75) is 120 Å². The predicted molar refractivity (Wildman–Crippen MR) is 446 cm³/mol. The molecule has 0 N–H and O–H groups in total. The molecule has 1 unspecified atom stereocenters. The molecular formula is C99H109N3PZr2-5. The molecule has 0 aromatic heterocycles. The van der Waals surface area contributed by atoms with Crippen molar-refractivity contribution in [1.29, 1.82) is 0 Å². The van der Waals surface area contributed by atoms with Crippen molar-refractivity contribution in [3.8, 4) is 0 Å². The quantitative estimate of drug-likeness (QED) is 0.0665. The van der Waals surface area contributed by atoms with Crippen molar-refractivity contribution in [2.24, 2.45) is 40.5 Å². The molecule has 11 aromatic rings. The molecule has 0 amide bonds. The normalized spacial score (nSPS) is 20.6. The molecule has 19 rings (SSSR count). The Balaban J connectivity index is 0.000000182. The third-order valence-corrected chi connectivity index (χ3v) is 22.4. The fourth-order valence-electron chi connectivity index (χ4n) is 16.0. The number of rotatable bonds is 12. The molecule has 1 atom stereocenters. The second kappa shape index (κ2) is 46.4. The summed E-state index contributed by atoms with van der Waals surface area (Å²) in [7, 11) is -0.696. The molecule has 3 nitrogen and oxygen atoms in total. The minimum absolute atomic E-state index is 0. The third-order valence-electron chi connectivity index (χ3n) is 19.9. The van der Waals surface area contributed by atoms with E-state index in [2.05, 4.69) is 177 Å². The predicted octanol–water partition coefficient (Wildman–Crippen LogP) is 25.4. The summed E-state index contributed by atoms with van der Waals surface area (Å²) in [4.78, 5) is 5.30. The Morgan fingerprint density at radius 3 is 0.819 bits per heavy atom. The molecule has 538 valence electrons. The Bertz CT molecular complexity index is 3540. The Morgan fingerprint density at radius 2 is 0.571 bits per heavy atom. The van der Waals surface area contributed by atoms with Crippen LogP contribution < -0.4 is 10.6 Å². The van der Waals surface area contributed by atoms with E-state index in [1.165, 1.54) is 104 Å². The number of aliphatic imine (C=N–C) groups is 1. The van der Waals surface area contributed by atoms with Gasteiger partial charge >= 0.3 is 26.2 Å². The van der Waals surface area contributed by atoms with Crippen LogP contribution in [-0.4, -0.2) is 22.7 Å². The van der Waals surface area contributed by atoms with Crippen molar-refractivity contribution < 1.29 is 52.4 Å². The monoisotopic (exact) mass is 1550 g/mol. The second-order valence-electron chi connectivity index (χ2n) is 28.9. The van der Waals surface area contributed by atoms with Crippen LogP contribution in [-0.2, 0) is 65.4 Å². The van der Waals surface area contributed by atoms with Gasteiger partial charge in [0.05, 0.1) is 5.54 Å². The van der Waals surface area contributed by atoms with Crippen molar-refractivity contribution in [1.82, 2.24) is 0 Å². The van der Waals surface area contributed by atoms with E-state index < -0.39 is 7.92 Å². The fraction of sp³-hybridized carbons (Fsp3) is 0.253. The Hall–Kier alpha value is -7.70. The van der Waals surface area contributed by atoms with Crippen LogP contribution >= 0.6 is 7.92 Å². The van der Waals surface area contributed by atoms with Crippen LogP contribution in [0.2, 0.25) is 0 Å². The molecule has 0 aliphatic heterocycles. The smallest absolute Gasteiger partial charge is 0.670 e. The van der Waals surface area contributed by atoms with Gasteiger partial charge in [-0.25, -0.2) is 5.91 Å². The SMILES string of the molecule is CC(CCc1ccccc1)=NC12CC3CC(CC(C3)C1)C2.[CH2-]c1ccccc1.[CH2-]c1ccccc1.[CH2-]c1ccccc1.[CH2-]c1ccccc1.[CH2-]c1ccccc1.[CH2-]c1ccccc1.[CH2-]c1ccccc1.[Zr+4].[Zr].c1ccc(C[N-]C([N-]C23CC4CC(CC(C4)C2)C3)P(c2ccccc2)c2ccccc2)cc1. The number of aryl methyl sites for hydroxylation is 1. The average molecular weight is 1550 g/mol.